The Morgan fingerprint density at radius 3 is 2.53 bits per heavy atom. The van der Waals surface area contributed by atoms with Crippen LogP contribution in [0.2, 0.25) is 0 Å². The number of aryl methyl sites for hydroxylation is 2. The van der Waals surface area contributed by atoms with Gasteiger partial charge in [0.15, 0.2) is 0 Å². The minimum absolute atomic E-state index is 0.0196. The van der Waals surface area contributed by atoms with Crippen LogP contribution in [-0.2, 0) is 6.42 Å². The number of H-pyrrole nitrogens is 1. The number of nitrogens with zero attached hydrogens (tertiary/aromatic N) is 1. The lowest BCUT2D eigenvalue weighted by Crippen LogP contribution is -2.27. The number of rotatable bonds is 4. The van der Waals surface area contributed by atoms with E-state index in [-0.39, 0.29) is 5.56 Å². The van der Waals surface area contributed by atoms with Gasteiger partial charge in [-0.3, -0.25) is 4.79 Å². The van der Waals surface area contributed by atoms with E-state index in [0.29, 0.717) is 13.1 Å². The molecule has 4 heteroatoms. The molecule has 0 fully saturated rings. The van der Waals surface area contributed by atoms with Crippen molar-refractivity contribution in [2.24, 2.45) is 5.73 Å². The van der Waals surface area contributed by atoms with Gasteiger partial charge in [0.1, 0.15) is 0 Å². The Morgan fingerprint density at radius 1 is 1.26 bits per heavy atom. The van der Waals surface area contributed by atoms with Crippen molar-refractivity contribution < 1.29 is 0 Å². The summed E-state index contributed by atoms with van der Waals surface area (Å²) in [6.45, 7) is 4.22. The molecule has 2 rings (SSSR count). The summed E-state index contributed by atoms with van der Waals surface area (Å²) in [6.07, 6.45) is 0.704. The summed E-state index contributed by atoms with van der Waals surface area (Å²) < 4.78 is 0. The number of aromatic nitrogens is 1. The highest BCUT2D eigenvalue weighted by Gasteiger charge is 2.12. The van der Waals surface area contributed by atoms with Crippen LogP contribution < -0.4 is 16.2 Å². The monoisotopic (exact) mass is 257 g/mol. The zero-order valence-electron chi connectivity index (χ0n) is 11.3. The molecule has 0 amide bonds. The molecule has 0 aliphatic rings. The van der Waals surface area contributed by atoms with E-state index in [4.69, 9.17) is 5.73 Å². The summed E-state index contributed by atoms with van der Waals surface area (Å²) >= 11 is 0. The van der Waals surface area contributed by atoms with Gasteiger partial charge in [-0.25, -0.2) is 0 Å². The second kappa shape index (κ2) is 5.71. The molecule has 2 aromatic rings. The quantitative estimate of drug-likeness (QED) is 0.826. The fourth-order valence-electron chi connectivity index (χ4n) is 2.15. The Hall–Kier alpha value is -2.07. The third kappa shape index (κ3) is 2.69. The molecule has 4 nitrogen and oxygen atoms in total. The average molecular weight is 257 g/mol. The third-order valence-electron chi connectivity index (χ3n) is 3.21. The summed E-state index contributed by atoms with van der Waals surface area (Å²) in [5, 5.41) is 0. The number of pyridine rings is 1. The number of nitrogens with two attached hydrogens (primary N) is 1. The van der Waals surface area contributed by atoms with Gasteiger partial charge >= 0.3 is 0 Å². The van der Waals surface area contributed by atoms with Crippen molar-refractivity contribution in [1.82, 2.24) is 4.98 Å². The van der Waals surface area contributed by atoms with E-state index in [1.54, 1.807) is 0 Å². The van der Waals surface area contributed by atoms with Crippen LogP contribution in [0.25, 0.3) is 0 Å². The number of aromatic amines is 1. The molecule has 0 bridgehead atoms. The first-order chi connectivity index (χ1) is 9.17. The van der Waals surface area contributed by atoms with Crippen LogP contribution in [-0.4, -0.2) is 11.7 Å². The fraction of sp³-hybridized carbons (Fsp3) is 0.267. The summed E-state index contributed by atoms with van der Waals surface area (Å²) in [7, 11) is 0. The Bertz CT molecular complexity index is 605. The fourth-order valence-corrected chi connectivity index (χ4v) is 2.15. The predicted molar refractivity (Wildman–Crippen MR) is 78.8 cm³/mol. The van der Waals surface area contributed by atoms with Gasteiger partial charge in [-0.15, -0.1) is 0 Å². The second-order valence-electron chi connectivity index (χ2n) is 4.43. The molecule has 3 N–H and O–H groups in total. The zero-order valence-corrected chi connectivity index (χ0v) is 11.3. The lowest BCUT2D eigenvalue weighted by atomic mass is 10.1. The van der Waals surface area contributed by atoms with Crippen LogP contribution in [0.5, 0.6) is 0 Å². The van der Waals surface area contributed by atoms with E-state index in [1.165, 1.54) is 0 Å². The molecule has 0 aliphatic carbocycles. The molecule has 0 saturated heterocycles. The van der Waals surface area contributed by atoms with E-state index in [1.807, 2.05) is 55.1 Å². The van der Waals surface area contributed by atoms with E-state index < -0.39 is 0 Å². The Kier molecular flexibility index (Phi) is 4.02. The van der Waals surface area contributed by atoms with Crippen LogP contribution in [0.4, 0.5) is 11.4 Å². The topological polar surface area (TPSA) is 62.1 Å². The normalized spacial score (nSPS) is 10.5. The Balaban J connectivity index is 2.53. The molecule has 0 unspecified atom stereocenters. The minimum Gasteiger partial charge on any atom is -0.327 e. The van der Waals surface area contributed by atoms with Crippen LogP contribution in [0.15, 0.2) is 41.2 Å². The second-order valence-corrected chi connectivity index (χ2v) is 4.43. The lowest BCUT2D eigenvalue weighted by Gasteiger charge is -2.25. The number of anilines is 2. The van der Waals surface area contributed by atoms with E-state index >= 15 is 0 Å². The first-order valence-electron chi connectivity index (χ1n) is 6.42. The van der Waals surface area contributed by atoms with Gasteiger partial charge < -0.3 is 15.6 Å². The van der Waals surface area contributed by atoms with Crippen molar-refractivity contribution in [3.8, 4) is 0 Å². The van der Waals surface area contributed by atoms with E-state index in [0.717, 1.165) is 22.6 Å². The molecular weight excluding hydrogens is 238 g/mol. The van der Waals surface area contributed by atoms with Gasteiger partial charge in [0.25, 0.3) is 5.56 Å². The molecular formula is C15H19N3O. The average Bonchev–Trinajstić information content (AvgIpc) is 2.43. The number of nitrogens with one attached hydrogen (secondary N) is 1. The summed E-state index contributed by atoms with van der Waals surface area (Å²) in [5.74, 6) is 0. The van der Waals surface area contributed by atoms with Gasteiger partial charge in [0.05, 0.1) is 12.4 Å². The summed E-state index contributed by atoms with van der Waals surface area (Å²) in [6, 6.07) is 11.8. The standard InChI is InChI=1S/C15H19N3O/c1-3-12-9-14(11(2)17-15(12)19)18(10-16)13-7-5-4-6-8-13/h4-9H,3,10,16H2,1-2H3,(H,17,19). The largest absolute Gasteiger partial charge is 0.327 e. The molecule has 1 aromatic heterocycles. The molecule has 0 atom stereocenters. The number of benzene rings is 1. The van der Waals surface area contributed by atoms with Gasteiger partial charge in [0, 0.05) is 16.9 Å². The minimum atomic E-state index is -0.0196. The molecule has 0 aliphatic heterocycles. The smallest absolute Gasteiger partial charge is 0.251 e. The Labute approximate surface area is 112 Å². The van der Waals surface area contributed by atoms with Crippen molar-refractivity contribution >= 4 is 11.4 Å². The molecule has 0 saturated carbocycles. The van der Waals surface area contributed by atoms with Crippen LogP contribution >= 0.6 is 0 Å². The van der Waals surface area contributed by atoms with Gasteiger partial charge in [-0.1, -0.05) is 25.1 Å². The predicted octanol–water partition coefficient (Wildman–Crippen LogP) is 2.30. The summed E-state index contributed by atoms with van der Waals surface area (Å²) in [5.41, 5.74) is 9.42. The Morgan fingerprint density at radius 2 is 1.95 bits per heavy atom. The van der Waals surface area contributed by atoms with E-state index in [2.05, 4.69) is 4.98 Å². The van der Waals surface area contributed by atoms with Crippen LogP contribution in [0, 0.1) is 6.92 Å². The van der Waals surface area contributed by atoms with Gasteiger partial charge in [-0.2, -0.15) is 0 Å². The molecule has 0 spiro atoms. The third-order valence-corrected chi connectivity index (χ3v) is 3.21. The van der Waals surface area contributed by atoms with Crippen molar-refractivity contribution in [3.63, 3.8) is 0 Å². The lowest BCUT2D eigenvalue weighted by molar-refractivity contribution is 0.944. The maximum absolute atomic E-state index is 11.8. The van der Waals surface area contributed by atoms with Gasteiger partial charge in [-0.05, 0) is 31.5 Å². The summed E-state index contributed by atoms with van der Waals surface area (Å²) in [4.78, 5) is 16.6. The molecule has 100 valence electrons. The van der Waals surface area contributed by atoms with Crippen molar-refractivity contribution in [1.29, 1.82) is 0 Å². The molecule has 0 radical (unpaired) electrons. The zero-order chi connectivity index (χ0) is 13.8. The highest BCUT2D eigenvalue weighted by molar-refractivity contribution is 5.65. The first-order valence-corrected chi connectivity index (χ1v) is 6.42. The van der Waals surface area contributed by atoms with Crippen LogP contribution in [0.1, 0.15) is 18.2 Å². The van der Waals surface area contributed by atoms with Crippen molar-refractivity contribution in [2.45, 2.75) is 20.3 Å². The molecule has 19 heavy (non-hydrogen) atoms. The highest BCUT2D eigenvalue weighted by Crippen LogP contribution is 2.26. The first kappa shape index (κ1) is 13.4. The van der Waals surface area contributed by atoms with Crippen molar-refractivity contribution in [3.05, 3.63) is 58.0 Å². The van der Waals surface area contributed by atoms with Crippen molar-refractivity contribution in [2.75, 3.05) is 11.6 Å². The van der Waals surface area contributed by atoms with Crippen LogP contribution in [0.3, 0.4) is 0 Å². The maximum atomic E-state index is 11.8. The molecule has 1 heterocycles. The highest BCUT2D eigenvalue weighted by atomic mass is 16.1. The van der Waals surface area contributed by atoms with E-state index in [9.17, 15) is 4.79 Å². The maximum Gasteiger partial charge on any atom is 0.251 e. The number of para-hydroxylation sites is 1. The molecule has 1 aromatic carbocycles. The van der Waals surface area contributed by atoms with Gasteiger partial charge in [0.2, 0.25) is 0 Å². The number of hydrogen-bond acceptors (Lipinski definition) is 3. The number of hydrogen-bond donors (Lipinski definition) is 2. The SMILES string of the molecule is CCc1cc(N(CN)c2ccccc2)c(C)[nH]c1=O.